The average molecular weight is 344 g/mol. The van der Waals surface area contributed by atoms with E-state index < -0.39 is 11.1 Å². The summed E-state index contributed by atoms with van der Waals surface area (Å²) in [4.78, 5) is 49.9. The molecule has 1 aliphatic rings. The number of carbonyl (C=O) groups is 2. The van der Waals surface area contributed by atoms with Crippen LogP contribution < -0.4 is 16.9 Å². The number of hydrogen-bond acceptors (Lipinski definition) is 4. The van der Waals surface area contributed by atoms with Crippen LogP contribution in [0.2, 0.25) is 0 Å². The minimum Gasteiger partial charge on any atom is -0.369 e. The van der Waals surface area contributed by atoms with Crippen LogP contribution in [0.3, 0.4) is 0 Å². The van der Waals surface area contributed by atoms with E-state index in [2.05, 4.69) is 0 Å². The number of nitrogens with zero attached hydrogens (tertiary/aromatic N) is 3. The fourth-order valence-corrected chi connectivity index (χ4v) is 3.26. The Labute approximate surface area is 143 Å². The summed E-state index contributed by atoms with van der Waals surface area (Å²) in [5.74, 6) is -0.805. The van der Waals surface area contributed by atoms with Crippen molar-refractivity contribution in [2.75, 3.05) is 13.1 Å². The van der Waals surface area contributed by atoms with Gasteiger partial charge in [-0.1, -0.05) is 12.1 Å². The second kappa shape index (κ2) is 6.54. The van der Waals surface area contributed by atoms with Gasteiger partial charge in [0.25, 0.3) is 0 Å². The maximum absolute atomic E-state index is 12.6. The zero-order valence-corrected chi connectivity index (χ0v) is 14.0. The Morgan fingerprint density at radius 3 is 2.28 bits per heavy atom. The molecule has 8 heteroatoms. The van der Waals surface area contributed by atoms with Crippen molar-refractivity contribution >= 4 is 22.8 Å². The second-order valence-corrected chi connectivity index (χ2v) is 6.30. The van der Waals surface area contributed by atoms with Crippen LogP contribution in [0.15, 0.2) is 33.9 Å². The van der Waals surface area contributed by atoms with E-state index in [1.54, 1.807) is 29.2 Å². The quantitative estimate of drug-likeness (QED) is 0.752. The first kappa shape index (κ1) is 16.9. The molecule has 1 fully saturated rings. The molecular weight excluding hydrogens is 324 g/mol. The molecule has 0 saturated carbocycles. The summed E-state index contributed by atoms with van der Waals surface area (Å²) < 4.78 is 2.51. The Morgan fingerprint density at radius 2 is 1.68 bits per heavy atom. The summed E-state index contributed by atoms with van der Waals surface area (Å²) in [7, 11) is 1.53. The fraction of sp³-hybridized carbons (Fsp3) is 0.412. The molecule has 3 rings (SSSR count). The number of benzene rings is 1. The van der Waals surface area contributed by atoms with Crippen LogP contribution in [0.4, 0.5) is 0 Å². The number of primary amides is 1. The molecular formula is C17H20N4O4. The molecule has 0 spiro atoms. The van der Waals surface area contributed by atoms with Crippen LogP contribution in [-0.2, 0) is 23.2 Å². The van der Waals surface area contributed by atoms with Crippen LogP contribution in [-0.4, -0.2) is 38.9 Å². The third-order valence-electron chi connectivity index (χ3n) is 4.81. The van der Waals surface area contributed by atoms with Gasteiger partial charge in [0, 0.05) is 26.1 Å². The molecule has 0 bridgehead atoms. The lowest BCUT2D eigenvalue weighted by molar-refractivity contribution is -0.135. The normalized spacial score (nSPS) is 15.5. The number of carbonyl (C=O) groups excluding carboxylic acids is 2. The number of aromatic nitrogens is 2. The monoisotopic (exact) mass is 344 g/mol. The van der Waals surface area contributed by atoms with Crippen molar-refractivity contribution in [3.8, 4) is 0 Å². The highest BCUT2D eigenvalue weighted by Crippen LogP contribution is 2.17. The Hall–Kier alpha value is -2.90. The van der Waals surface area contributed by atoms with E-state index in [1.807, 2.05) is 0 Å². The number of para-hydroxylation sites is 2. The van der Waals surface area contributed by atoms with Gasteiger partial charge in [0.15, 0.2) is 0 Å². The number of nitrogens with two attached hydrogens (primary N) is 1. The molecule has 25 heavy (non-hydrogen) atoms. The Balaban J connectivity index is 1.89. The molecule has 2 amide bonds. The minimum absolute atomic E-state index is 0.198. The molecule has 0 unspecified atom stereocenters. The van der Waals surface area contributed by atoms with Gasteiger partial charge >= 0.3 is 11.1 Å². The smallest absolute Gasteiger partial charge is 0.317 e. The van der Waals surface area contributed by atoms with Crippen LogP contribution in [0.5, 0.6) is 0 Å². The summed E-state index contributed by atoms with van der Waals surface area (Å²) in [5, 5.41) is 0. The lowest BCUT2D eigenvalue weighted by atomic mass is 9.96. The van der Waals surface area contributed by atoms with Gasteiger partial charge < -0.3 is 15.2 Å². The van der Waals surface area contributed by atoms with Crippen LogP contribution in [0, 0.1) is 5.92 Å². The highest BCUT2D eigenvalue weighted by atomic mass is 16.2. The largest absolute Gasteiger partial charge is 0.369 e. The van der Waals surface area contributed by atoms with Crippen molar-refractivity contribution in [2.45, 2.75) is 19.4 Å². The Bertz CT molecular complexity index is 951. The van der Waals surface area contributed by atoms with Gasteiger partial charge in [0.1, 0.15) is 6.54 Å². The van der Waals surface area contributed by atoms with Crippen LogP contribution >= 0.6 is 0 Å². The van der Waals surface area contributed by atoms with Crippen molar-refractivity contribution < 1.29 is 9.59 Å². The van der Waals surface area contributed by atoms with Crippen molar-refractivity contribution in [3.63, 3.8) is 0 Å². The zero-order chi connectivity index (χ0) is 18.1. The molecule has 2 aromatic rings. The fourth-order valence-electron chi connectivity index (χ4n) is 3.26. The summed E-state index contributed by atoms with van der Waals surface area (Å²) in [6.45, 7) is 0.643. The van der Waals surface area contributed by atoms with Crippen molar-refractivity contribution in [1.82, 2.24) is 14.0 Å². The first-order valence-electron chi connectivity index (χ1n) is 8.16. The van der Waals surface area contributed by atoms with Gasteiger partial charge in [0.2, 0.25) is 11.8 Å². The number of fused-ring (bicyclic) bond motifs is 1. The molecule has 2 N–H and O–H groups in total. The SMILES string of the molecule is Cn1c(=O)c(=O)n(CC(=O)N2CCC(C(N)=O)CC2)c2ccccc21. The van der Waals surface area contributed by atoms with Gasteiger partial charge in [-0.3, -0.25) is 23.7 Å². The molecule has 1 saturated heterocycles. The predicted octanol–water partition coefficient (Wildman–Crippen LogP) is -0.576. The molecule has 0 atom stereocenters. The van der Waals surface area contributed by atoms with Gasteiger partial charge in [-0.05, 0) is 25.0 Å². The molecule has 1 aliphatic heterocycles. The van der Waals surface area contributed by atoms with Crippen molar-refractivity contribution in [3.05, 3.63) is 45.0 Å². The molecule has 1 aromatic heterocycles. The molecule has 8 nitrogen and oxygen atoms in total. The Kier molecular flexibility index (Phi) is 4.43. The number of rotatable bonds is 3. The van der Waals surface area contributed by atoms with E-state index >= 15 is 0 Å². The van der Waals surface area contributed by atoms with Gasteiger partial charge in [-0.15, -0.1) is 0 Å². The topological polar surface area (TPSA) is 107 Å². The van der Waals surface area contributed by atoms with E-state index in [0.29, 0.717) is 37.0 Å². The number of hydrogen-bond donors (Lipinski definition) is 1. The number of likely N-dealkylation sites (tertiary alicyclic amines) is 1. The van der Waals surface area contributed by atoms with Crippen LogP contribution in [0.1, 0.15) is 12.8 Å². The van der Waals surface area contributed by atoms with Gasteiger partial charge in [-0.2, -0.15) is 0 Å². The molecule has 2 heterocycles. The van der Waals surface area contributed by atoms with E-state index in [1.165, 1.54) is 16.2 Å². The first-order chi connectivity index (χ1) is 11.9. The van der Waals surface area contributed by atoms with Gasteiger partial charge in [0.05, 0.1) is 11.0 Å². The van der Waals surface area contributed by atoms with Crippen molar-refractivity contribution in [2.24, 2.45) is 18.7 Å². The van der Waals surface area contributed by atoms with Crippen LogP contribution in [0.25, 0.3) is 11.0 Å². The third-order valence-corrected chi connectivity index (χ3v) is 4.81. The summed E-state index contributed by atoms with van der Waals surface area (Å²) in [5.41, 5.74) is 5.04. The molecule has 1 aromatic carbocycles. The van der Waals surface area contributed by atoms with E-state index in [-0.39, 0.29) is 24.3 Å². The molecule has 0 radical (unpaired) electrons. The predicted molar refractivity (Wildman–Crippen MR) is 91.9 cm³/mol. The van der Waals surface area contributed by atoms with Gasteiger partial charge in [-0.25, -0.2) is 0 Å². The standard InChI is InChI=1S/C17H20N4O4/c1-19-12-4-2-3-5-13(12)21(17(25)16(19)24)10-14(22)20-8-6-11(7-9-20)15(18)23/h2-5,11H,6-10H2,1H3,(H2,18,23). The van der Waals surface area contributed by atoms with E-state index in [4.69, 9.17) is 5.73 Å². The van der Waals surface area contributed by atoms with E-state index in [0.717, 1.165) is 0 Å². The number of amides is 2. The highest BCUT2D eigenvalue weighted by Gasteiger charge is 2.26. The number of piperidine rings is 1. The lowest BCUT2D eigenvalue weighted by Crippen LogP contribution is -2.46. The first-order valence-corrected chi connectivity index (χ1v) is 8.16. The van der Waals surface area contributed by atoms with Crippen molar-refractivity contribution in [1.29, 1.82) is 0 Å². The third kappa shape index (κ3) is 3.07. The minimum atomic E-state index is -0.721. The van der Waals surface area contributed by atoms with E-state index in [9.17, 15) is 19.2 Å². The highest BCUT2D eigenvalue weighted by molar-refractivity contribution is 5.81. The summed E-state index contributed by atoms with van der Waals surface area (Å²) >= 11 is 0. The maximum Gasteiger partial charge on any atom is 0.317 e. The maximum atomic E-state index is 12.6. The number of aryl methyl sites for hydroxylation is 1. The molecule has 132 valence electrons. The lowest BCUT2D eigenvalue weighted by Gasteiger charge is -2.30. The summed E-state index contributed by atoms with van der Waals surface area (Å²) in [6.07, 6.45) is 1.04. The average Bonchev–Trinajstić information content (AvgIpc) is 2.63. The second-order valence-electron chi connectivity index (χ2n) is 6.30. The summed E-state index contributed by atoms with van der Waals surface area (Å²) in [6, 6.07) is 6.97. The zero-order valence-electron chi connectivity index (χ0n) is 14.0. The Morgan fingerprint density at radius 1 is 1.08 bits per heavy atom. The molecule has 0 aliphatic carbocycles.